The Morgan fingerprint density at radius 1 is 1.50 bits per heavy atom. The number of hydrogen-bond donors (Lipinski definition) is 0. The van der Waals surface area contributed by atoms with Gasteiger partial charge in [0.25, 0.3) is 0 Å². The molecule has 0 radical (unpaired) electrons. The van der Waals surface area contributed by atoms with Crippen molar-refractivity contribution in [3.05, 3.63) is 33.8 Å². The highest BCUT2D eigenvalue weighted by Gasteiger charge is 2.32. The highest BCUT2D eigenvalue weighted by Crippen LogP contribution is 2.54. The van der Waals surface area contributed by atoms with E-state index in [9.17, 15) is 4.57 Å². The van der Waals surface area contributed by atoms with Gasteiger partial charge in [-0.2, -0.15) is 0 Å². The van der Waals surface area contributed by atoms with Crippen molar-refractivity contribution >= 4 is 47.6 Å². The van der Waals surface area contributed by atoms with Crippen molar-refractivity contribution in [2.75, 3.05) is 12.1 Å². The molecule has 0 aliphatic carbocycles. The van der Waals surface area contributed by atoms with Crippen molar-refractivity contribution in [2.45, 2.75) is 6.92 Å². The molecule has 98 valence electrons. The summed E-state index contributed by atoms with van der Waals surface area (Å²) >= 11 is 13.4. The lowest BCUT2D eigenvalue weighted by atomic mass is 10.2. The molecule has 1 aromatic carbocycles. The molecule has 0 N–H and O–H groups in total. The molecular formula is C10H10Cl2NO3PS. The summed E-state index contributed by atoms with van der Waals surface area (Å²) in [5.74, 6) is 0. The first-order valence-corrected chi connectivity index (χ1v) is 8.60. The van der Waals surface area contributed by atoms with E-state index in [0.29, 0.717) is 27.3 Å². The summed E-state index contributed by atoms with van der Waals surface area (Å²) < 4.78 is 22.0. The SMILES string of the molecule is CCOP1(=O)CSC(c2c(Cl)cccc2Cl)=NO1. The molecule has 0 fully saturated rings. The van der Waals surface area contributed by atoms with Crippen LogP contribution in [0.15, 0.2) is 23.4 Å². The molecule has 0 saturated carbocycles. The van der Waals surface area contributed by atoms with E-state index in [4.69, 9.17) is 32.4 Å². The van der Waals surface area contributed by atoms with Gasteiger partial charge in [0, 0.05) is 5.56 Å². The lowest BCUT2D eigenvalue weighted by molar-refractivity contribution is 0.222. The standard InChI is InChI=1S/C10H10Cl2NO3PS/c1-2-15-17(14)6-18-10(13-16-17)9-7(11)4-3-5-8(9)12/h3-5H,2,6H2,1H3. The van der Waals surface area contributed by atoms with Crippen LogP contribution in [-0.4, -0.2) is 17.1 Å². The summed E-state index contributed by atoms with van der Waals surface area (Å²) in [6.45, 7) is 2.06. The molecule has 0 bridgehead atoms. The monoisotopic (exact) mass is 325 g/mol. The Hall–Kier alpha value is -0.190. The summed E-state index contributed by atoms with van der Waals surface area (Å²) in [6, 6.07) is 5.17. The maximum atomic E-state index is 11.9. The predicted octanol–water partition coefficient (Wildman–Crippen LogP) is 4.61. The highest BCUT2D eigenvalue weighted by molar-refractivity contribution is 8.18. The van der Waals surface area contributed by atoms with Crippen molar-refractivity contribution in [2.24, 2.45) is 5.16 Å². The average Bonchev–Trinajstić information content (AvgIpc) is 2.32. The zero-order valence-electron chi connectivity index (χ0n) is 9.43. The molecule has 4 nitrogen and oxygen atoms in total. The van der Waals surface area contributed by atoms with Crippen LogP contribution in [0.1, 0.15) is 12.5 Å². The molecule has 0 saturated heterocycles. The second kappa shape index (κ2) is 5.85. The number of benzene rings is 1. The van der Waals surface area contributed by atoms with Crippen molar-refractivity contribution in [3.63, 3.8) is 0 Å². The van der Waals surface area contributed by atoms with E-state index in [2.05, 4.69) is 5.16 Å². The Morgan fingerprint density at radius 3 is 2.67 bits per heavy atom. The topological polar surface area (TPSA) is 47.9 Å². The van der Waals surface area contributed by atoms with Crippen LogP contribution in [0.25, 0.3) is 0 Å². The van der Waals surface area contributed by atoms with Crippen molar-refractivity contribution in [1.29, 1.82) is 0 Å². The zero-order chi connectivity index (χ0) is 13.2. The van der Waals surface area contributed by atoms with Crippen LogP contribution in [0.3, 0.4) is 0 Å². The van der Waals surface area contributed by atoms with Crippen LogP contribution < -0.4 is 0 Å². The molecule has 8 heteroatoms. The zero-order valence-corrected chi connectivity index (χ0v) is 12.7. The lowest BCUT2D eigenvalue weighted by Gasteiger charge is -2.20. The normalized spacial score (nSPS) is 23.4. The smallest absolute Gasteiger partial charge is 0.312 e. The Morgan fingerprint density at radius 2 is 2.17 bits per heavy atom. The van der Waals surface area contributed by atoms with Crippen LogP contribution in [-0.2, 0) is 13.7 Å². The second-order valence-electron chi connectivity index (χ2n) is 3.38. The molecule has 0 amide bonds. The Kier molecular flexibility index (Phi) is 4.62. The number of oxime groups is 1. The van der Waals surface area contributed by atoms with Crippen LogP contribution in [0, 0.1) is 0 Å². The van der Waals surface area contributed by atoms with Gasteiger partial charge >= 0.3 is 7.60 Å². The summed E-state index contributed by atoms with van der Waals surface area (Å²) in [4.78, 5) is 0. The Labute approximate surface area is 119 Å². The summed E-state index contributed by atoms with van der Waals surface area (Å²) in [5.41, 5.74) is 0.787. The molecule has 2 rings (SSSR count). The van der Waals surface area contributed by atoms with Crippen LogP contribution >= 0.6 is 42.6 Å². The molecule has 1 heterocycles. The minimum absolute atomic E-state index is 0.196. The first-order valence-electron chi connectivity index (χ1n) is 5.13. The first-order chi connectivity index (χ1) is 8.56. The maximum Gasteiger partial charge on any atom is 0.410 e. The molecule has 1 unspecified atom stereocenters. The van der Waals surface area contributed by atoms with Crippen LogP contribution in [0.5, 0.6) is 0 Å². The molecule has 1 atom stereocenters. The van der Waals surface area contributed by atoms with E-state index < -0.39 is 7.60 Å². The fourth-order valence-electron chi connectivity index (χ4n) is 1.37. The van der Waals surface area contributed by atoms with Gasteiger partial charge in [0.1, 0.15) is 10.5 Å². The number of hydrogen-bond acceptors (Lipinski definition) is 5. The predicted molar refractivity (Wildman–Crippen MR) is 75.8 cm³/mol. The van der Waals surface area contributed by atoms with Gasteiger partial charge < -0.3 is 4.62 Å². The average molecular weight is 326 g/mol. The van der Waals surface area contributed by atoms with E-state index >= 15 is 0 Å². The number of rotatable bonds is 3. The number of halogens is 2. The number of thioether (sulfide) groups is 1. The van der Waals surface area contributed by atoms with Gasteiger partial charge in [-0.15, -0.1) is 0 Å². The van der Waals surface area contributed by atoms with Gasteiger partial charge in [-0.1, -0.05) is 46.2 Å². The first kappa shape index (κ1) is 14.2. The molecular weight excluding hydrogens is 316 g/mol. The highest BCUT2D eigenvalue weighted by atomic mass is 35.5. The van der Waals surface area contributed by atoms with Gasteiger partial charge in [-0.05, 0) is 19.1 Å². The molecule has 0 spiro atoms. The Balaban J connectivity index is 2.27. The van der Waals surface area contributed by atoms with Crippen molar-refractivity contribution < 1.29 is 13.7 Å². The number of nitrogens with zero attached hydrogens (tertiary/aromatic N) is 1. The van der Waals surface area contributed by atoms with E-state index in [1.807, 2.05) is 0 Å². The minimum Gasteiger partial charge on any atom is -0.312 e. The minimum atomic E-state index is -3.11. The van der Waals surface area contributed by atoms with Crippen molar-refractivity contribution in [3.8, 4) is 0 Å². The van der Waals surface area contributed by atoms with E-state index in [0.717, 1.165) is 0 Å². The van der Waals surface area contributed by atoms with Crippen LogP contribution in [0.2, 0.25) is 10.0 Å². The second-order valence-corrected chi connectivity index (χ2v) is 7.54. The van der Waals surface area contributed by atoms with E-state index in [1.165, 1.54) is 11.8 Å². The largest absolute Gasteiger partial charge is 0.410 e. The van der Waals surface area contributed by atoms with E-state index in [1.54, 1.807) is 25.1 Å². The Bertz CT molecular complexity index is 518. The van der Waals surface area contributed by atoms with Gasteiger partial charge in [-0.25, -0.2) is 4.57 Å². The fourth-order valence-corrected chi connectivity index (χ4v) is 4.82. The van der Waals surface area contributed by atoms with Crippen LogP contribution in [0.4, 0.5) is 0 Å². The third-order valence-corrected chi connectivity index (χ3v) is 6.06. The maximum absolute atomic E-state index is 11.9. The molecule has 1 aliphatic heterocycles. The van der Waals surface area contributed by atoms with Gasteiger partial charge in [0.15, 0.2) is 0 Å². The molecule has 1 aromatic rings. The lowest BCUT2D eigenvalue weighted by Crippen LogP contribution is -2.08. The summed E-state index contributed by atoms with van der Waals surface area (Å²) in [6.07, 6.45) is 0. The molecule has 0 aromatic heterocycles. The third kappa shape index (κ3) is 3.03. The van der Waals surface area contributed by atoms with Gasteiger partial charge in [-0.3, -0.25) is 4.52 Å². The summed E-state index contributed by atoms with van der Waals surface area (Å²) in [5, 5.41) is 5.28. The van der Waals surface area contributed by atoms with Gasteiger partial charge in [0.05, 0.1) is 16.7 Å². The van der Waals surface area contributed by atoms with Gasteiger partial charge in [0.2, 0.25) is 0 Å². The molecule has 1 aliphatic rings. The van der Waals surface area contributed by atoms with Crippen molar-refractivity contribution in [1.82, 2.24) is 0 Å². The van der Waals surface area contributed by atoms with E-state index in [-0.39, 0.29) is 5.49 Å². The fraction of sp³-hybridized carbons (Fsp3) is 0.300. The third-order valence-electron chi connectivity index (χ3n) is 2.11. The molecule has 18 heavy (non-hydrogen) atoms. The quantitative estimate of drug-likeness (QED) is 0.761. The summed E-state index contributed by atoms with van der Waals surface area (Å²) in [7, 11) is -3.11.